The molecule has 2 amide bonds. The highest BCUT2D eigenvalue weighted by Gasteiger charge is 2.26. The molecule has 2 N–H and O–H groups in total. The van der Waals surface area contributed by atoms with Gasteiger partial charge in [0.25, 0.3) is 11.8 Å². The van der Waals surface area contributed by atoms with Crippen LogP contribution in [0.2, 0.25) is 10.0 Å². The van der Waals surface area contributed by atoms with Crippen molar-refractivity contribution in [1.82, 2.24) is 10.6 Å². The van der Waals surface area contributed by atoms with E-state index in [9.17, 15) is 23.6 Å². The van der Waals surface area contributed by atoms with Gasteiger partial charge in [-0.25, -0.2) is 9.18 Å². The van der Waals surface area contributed by atoms with E-state index in [4.69, 9.17) is 27.9 Å². The van der Waals surface area contributed by atoms with Crippen LogP contribution in [0.25, 0.3) is 11.1 Å². The average molecular weight is 655 g/mol. The first kappa shape index (κ1) is 33.8. The second-order valence-electron chi connectivity index (χ2n) is 10.6. The Morgan fingerprint density at radius 2 is 1.71 bits per heavy atom. The molecule has 0 aliphatic carbocycles. The van der Waals surface area contributed by atoms with Gasteiger partial charge in [-0.2, -0.15) is 0 Å². The molecular weight excluding hydrogens is 620 g/mol. The Balaban J connectivity index is 1.33. The van der Waals surface area contributed by atoms with Crippen molar-refractivity contribution < 1.29 is 28.3 Å². The summed E-state index contributed by atoms with van der Waals surface area (Å²) >= 11 is 12.9. The molecule has 8 nitrogen and oxygen atoms in total. The number of amides is 2. The highest BCUT2D eigenvalue weighted by atomic mass is 35.5. The van der Waals surface area contributed by atoms with E-state index in [0.717, 1.165) is 22.4 Å². The normalized spacial score (nSPS) is 15.0. The number of carbonyl (C=O) groups excluding carboxylic acids is 4. The highest BCUT2D eigenvalue weighted by Crippen LogP contribution is 2.32. The molecule has 0 bridgehead atoms. The number of carbonyl (C=O) groups is 4. The van der Waals surface area contributed by atoms with Crippen molar-refractivity contribution in [3.8, 4) is 11.1 Å². The summed E-state index contributed by atoms with van der Waals surface area (Å²) in [6.07, 6.45) is 0.482. The Kier molecular flexibility index (Phi) is 12.2. The van der Waals surface area contributed by atoms with E-state index in [-0.39, 0.29) is 53.9 Å². The number of rotatable bonds is 13. The molecule has 1 aliphatic rings. The van der Waals surface area contributed by atoms with Gasteiger partial charge in [0.15, 0.2) is 5.78 Å². The number of benzene rings is 3. The van der Waals surface area contributed by atoms with Crippen molar-refractivity contribution >= 4 is 52.5 Å². The highest BCUT2D eigenvalue weighted by molar-refractivity contribution is 6.40. The molecule has 1 heterocycles. The molecule has 45 heavy (non-hydrogen) atoms. The summed E-state index contributed by atoms with van der Waals surface area (Å²) in [6.45, 7) is 1.60. The Morgan fingerprint density at radius 3 is 2.38 bits per heavy atom. The molecule has 2 atom stereocenters. The molecule has 4 rings (SSSR count). The number of Topliss-reactive ketones (excluding diaryl/α,β-unsaturated/α-hetero) is 1. The third-order valence-corrected chi connectivity index (χ3v) is 7.86. The number of aliphatic imine (C=N–C) groups is 1. The zero-order chi connectivity index (χ0) is 32.3. The Hall–Kier alpha value is -4.08. The number of ether oxygens (including phenoxy) is 1. The van der Waals surface area contributed by atoms with E-state index in [1.165, 1.54) is 0 Å². The molecule has 1 unspecified atom stereocenters. The maximum absolute atomic E-state index is 13.4. The quantitative estimate of drug-likeness (QED) is 0.213. The van der Waals surface area contributed by atoms with Gasteiger partial charge in [0, 0.05) is 24.1 Å². The van der Waals surface area contributed by atoms with Crippen molar-refractivity contribution in [3.05, 3.63) is 93.5 Å². The van der Waals surface area contributed by atoms with E-state index < -0.39 is 30.0 Å². The predicted molar refractivity (Wildman–Crippen MR) is 173 cm³/mol. The fourth-order valence-electron chi connectivity index (χ4n) is 4.91. The van der Waals surface area contributed by atoms with Crippen LogP contribution in [0.5, 0.6) is 0 Å². The van der Waals surface area contributed by atoms with E-state index in [2.05, 4.69) is 15.6 Å². The van der Waals surface area contributed by atoms with E-state index in [1.54, 1.807) is 37.3 Å². The molecule has 3 aromatic carbocycles. The van der Waals surface area contributed by atoms with Crippen LogP contribution in [0, 0.1) is 0 Å². The molecule has 0 saturated heterocycles. The lowest BCUT2D eigenvalue weighted by Crippen LogP contribution is -2.42. The third kappa shape index (κ3) is 9.70. The van der Waals surface area contributed by atoms with Crippen LogP contribution in [-0.2, 0) is 20.7 Å². The molecule has 0 spiro atoms. The Morgan fingerprint density at radius 1 is 0.978 bits per heavy atom. The first-order chi connectivity index (χ1) is 21.6. The van der Waals surface area contributed by atoms with Crippen LogP contribution < -0.4 is 10.6 Å². The zero-order valence-corrected chi connectivity index (χ0v) is 26.3. The Labute approximate surface area is 271 Å². The summed E-state index contributed by atoms with van der Waals surface area (Å²) in [5.41, 5.74) is 3.72. The van der Waals surface area contributed by atoms with E-state index in [0.29, 0.717) is 24.8 Å². The maximum atomic E-state index is 13.4. The molecular formula is C34H34Cl2FN3O5. The summed E-state index contributed by atoms with van der Waals surface area (Å²) in [5.74, 6) is -2.17. The minimum atomic E-state index is -1.15. The fourth-order valence-corrected chi connectivity index (χ4v) is 5.57. The van der Waals surface area contributed by atoms with Crippen molar-refractivity contribution in [2.75, 3.05) is 19.7 Å². The van der Waals surface area contributed by atoms with Crippen molar-refractivity contribution in [2.24, 2.45) is 4.99 Å². The second-order valence-corrected chi connectivity index (χ2v) is 11.5. The summed E-state index contributed by atoms with van der Waals surface area (Å²) in [4.78, 5) is 55.6. The summed E-state index contributed by atoms with van der Waals surface area (Å²) in [7, 11) is 0. The first-order valence-electron chi connectivity index (χ1n) is 14.7. The van der Waals surface area contributed by atoms with E-state index >= 15 is 0 Å². The van der Waals surface area contributed by atoms with Crippen LogP contribution in [0.4, 0.5) is 4.39 Å². The van der Waals surface area contributed by atoms with Gasteiger partial charge in [0.2, 0.25) is 0 Å². The number of nitrogens with zero attached hydrogens (tertiary/aromatic N) is 1. The maximum Gasteiger partial charge on any atom is 0.328 e. The topological polar surface area (TPSA) is 114 Å². The first-order valence-corrected chi connectivity index (χ1v) is 15.5. The van der Waals surface area contributed by atoms with Gasteiger partial charge in [-0.3, -0.25) is 19.4 Å². The lowest BCUT2D eigenvalue weighted by atomic mass is 9.99. The van der Waals surface area contributed by atoms with Crippen LogP contribution >= 0.6 is 23.2 Å². The number of hydrogen-bond acceptors (Lipinski definition) is 6. The summed E-state index contributed by atoms with van der Waals surface area (Å²) < 4.78 is 18.5. The van der Waals surface area contributed by atoms with Crippen LogP contribution in [0.3, 0.4) is 0 Å². The number of alkyl halides is 1. The third-order valence-electron chi connectivity index (χ3n) is 7.27. The van der Waals surface area contributed by atoms with Gasteiger partial charge in [-0.05, 0) is 67.1 Å². The van der Waals surface area contributed by atoms with Gasteiger partial charge in [0.05, 0.1) is 35.3 Å². The lowest BCUT2D eigenvalue weighted by molar-refractivity contribution is -0.145. The fraction of sp³-hybridized carbons (Fsp3) is 0.324. The van der Waals surface area contributed by atoms with Crippen molar-refractivity contribution in [2.45, 2.75) is 51.2 Å². The molecule has 11 heteroatoms. The van der Waals surface area contributed by atoms with Gasteiger partial charge < -0.3 is 15.4 Å². The second kappa shape index (κ2) is 16.3. The minimum Gasteiger partial charge on any atom is -0.464 e. The molecule has 3 aromatic rings. The van der Waals surface area contributed by atoms with Crippen LogP contribution in [-0.4, -0.2) is 61.2 Å². The lowest BCUT2D eigenvalue weighted by Gasteiger charge is -2.18. The van der Waals surface area contributed by atoms with Crippen molar-refractivity contribution in [1.29, 1.82) is 0 Å². The average Bonchev–Trinajstić information content (AvgIpc) is 3.03. The SMILES string of the molecule is CCOC(=O)[C@H](CCC(=O)CNC(=O)c1cccc(CC2=NCC(F)CC2)c1)NC(=O)c1c(Cl)cc(-c2ccccc2)cc1Cl. The monoisotopic (exact) mass is 653 g/mol. The molecule has 0 fully saturated rings. The van der Waals surface area contributed by atoms with Gasteiger partial charge >= 0.3 is 5.97 Å². The zero-order valence-electron chi connectivity index (χ0n) is 24.8. The molecule has 1 aliphatic heterocycles. The minimum absolute atomic E-state index is 0.00435. The summed E-state index contributed by atoms with van der Waals surface area (Å²) in [6, 6.07) is 18.4. The number of esters is 1. The Bertz CT molecular complexity index is 1560. The van der Waals surface area contributed by atoms with Crippen molar-refractivity contribution in [3.63, 3.8) is 0 Å². The standard InChI is InChI=1S/C34H34Cl2FN3O5/c1-2-45-34(44)30(40-33(43)31-28(35)17-24(18-29(31)36)22-8-4-3-5-9-22)14-13-27(41)20-39-32(42)23-10-6-7-21(15-23)16-26-12-11-25(37)19-38-26/h3-10,15,17-18,25,30H,2,11-14,16,19-20H2,1H3,(H,39,42)(H,40,43)/t25?,30-/m0/s1. The van der Waals surface area contributed by atoms with Gasteiger partial charge in [0.1, 0.15) is 12.2 Å². The number of ketones is 1. The predicted octanol–water partition coefficient (Wildman–Crippen LogP) is 6.22. The molecule has 0 radical (unpaired) electrons. The number of halogens is 3. The number of hydrogen-bond donors (Lipinski definition) is 2. The largest absolute Gasteiger partial charge is 0.464 e. The van der Waals surface area contributed by atoms with Gasteiger partial charge in [-0.15, -0.1) is 0 Å². The summed E-state index contributed by atoms with van der Waals surface area (Å²) in [5, 5.41) is 5.40. The van der Waals surface area contributed by atoms with Crippen LogP contribution in [0.1, 0.15) is 58.9 Å². The van der Waals surface area contributed by atoms with Gasteiger partial charge in [-0.1, -0.05) is 65.7 Å². The van der Waals surface area contributed by atoms with E-state index in [1.807, 2.05) is 36.4 Å². The molecule has 0 saturated carbocycles. The van der Waals surface area contributed by atoms with Crippen LogP contribution in [0.15, 0.2) is 71.7 Å². The molecule has 0 aromatic heterocycles. The number of nitrogens with one attached hydrogen (secondary N) is 2. The molecule has 236 valence electrons. The smallest absolute Gasteiger partial charge is 0.328 e.